The molecule has 0 aliphatic heterocycles. The van der Waals surface area contributed by atoms with Gasteiger partial charge in [-0.3, -0.25) is 4.40 Å². The number of carboxylic acids is 1. The minimum absolute atomic E-state index is 0.0723. The highest BCUT2D eigenvalue weighted by Gasteiger charge is 2.12. The molecule has 0 unspecified atom stereocenters. The summed E-state index contributed by atoms with van der Waals surface area (Å²) in [4.78, 5) is 11.0. The zero-order chi connectivity index (χ0) is 15.0. The number of carbonyl (C=O) groups is 1. The average molecular weight is 289 g/mol. The Morgan fingerprint density at radius 1 is 1.19 bits per heavy atom. The number of hydrogen-bond acceptors (Lipinski definition) is 3. The second-order valence-electron chi connectivity index (χ2n) is 4.48. The van der Waals surface area contributed by atoms with Gasteiger partial charge in [0.2, 0.25) is 0 Å². The predicted molar refractivity (Wildman–Crippen MR) is 69.1 cm³/mol. The number of fused-ring (bicyclic) bond motifs is 1. The smallest absolute Gasteiger partial charge is 0.337 e. The number of nitrogens with zero attached hydrogens (tertiary/aromatic N) is 3. The fraction of sp³-hybridized carbons (Fsp3) is 0.0714. The molecule has 0 fully saturated rings. The Morgan fingerprint density at radius 2 is 2.00 bits per heavy atom. The van der Waals surface area contributed by atoms with Crippen molar-refractivity contribution in [2.45, 2.75) is 6.42 Å². The number of hydrogen-bond donors (Lipinski definition) is 1. The Hall–Kier alpha value is -2.83. The summed E-state index contributed by atoms with van der Waals surface area (Å²) >= 11 is 0. The molecule has 0 spiro atoms. The maximum atomic E-state index is 13.7. The Kier molecular flexibility index (Phi) is 3.09. The van der Waals surface area contributed by atoms with Gasteiger partial charge in [0.05, 0.1) is 5.56 Å². The Labute approximate surface area is 117 Å². The van der Waals surface area contributed by atoms with Crippen molar-refractivity contribution in [3.05, 3.63) is 65.1 Å². The summed E-state index contributed by atoms with van der Waals surface area (Å²) in [5, 5.41) is 16.8. The van der Waals surface area contributed by atoms with Crippen LogP contribution in [0.25, 0.3) is 5.65 Å². The topological polar surface area (TPSA) is 67.5 Å². The van der Waals surface area contributed by atoms with E-state index in [4.69, 9.17) is 5.11 Å². The number of halogens is 2. The van der Waals surface area contributed by atoms with Crippen molar-refractivity contribution in [1.29, 1.82) is 0 Å². The molecule has 3 rings (SSSR count). The molecule has 1 aromatic carbocycles. The third kappa shape index (κ3) is 2.45. The molecular formula is C14H9F2N3O2. The lowest BCUT2D eigenvalue weighted by atomic mass is 10.1. The van der Waals surface area contributed by atoms with Gasteiger partial charge in [0.15, 0.2) is 5.65 Å². The van der Waals surface area contributed by atoms with Gasteiger partial charge in [0.25, 0.3) is 0 Å². The van der Waals surface area contributed by atoms with E-state index in [9.17, 15) is 13.6 Å². The van der Waals surface area contributed by atoms with Gasteiger partial charge in [-0.1, -0.05) is 6.07 Å². The highest BCUT2D eigenvalue weighted by atomic mass is 19.1. The van der Waals surface area contributed by atoms with E-state index in [1.54, 1.807) is 0 Å². The zero-order valence-corrected chi connectivity index (χ0v) is 10.6. The van der Waals surface area contributed by atoms with Crippen LogP contribution in [0.2, 0.25) is 0 Å². The second-order valence-corrected chi connectivity index (χ2v) is 4.48. The van der Waals surface area contributed by atoms with Crippen LogP contribution in [0, 0.1) is 11.6 Å². The quantitative estimate of drug-likeness (QED) is 0.803. The minimum Gasteiger partial charge on any atom is -0.478 e. The van der Waals surface area contributed by atoms with E-state index >= 15 is 0 Å². The van der Waals surface area contributed by atoms with E-state index < -0.39 is 17.6 Å². The van der Waals surface area contributed by atoms with Crippen molar-refractivity contribution >= 4 is 11.6 Å². The molecule has 0 amide bonds. The molecule has 7 heteroatoms. The molecule has 0 saturated heterocycles. The van der Waals surface area contributed by atoms with Crippen LogP contribution in [0.4, 0.5) is 8.78 Å². The van der Waals surface area contributed by atoms with Crippen molar-refractivity contribution in [3.8, 4) is 0 Å². The Morgan fingerprint density at radius 3 is 2.71 bits per heavy atom. The molecule has 2 heterocycles. The molecule has 21 heavy (non-hydrogen) atoms. The summed E-state index contributed by atoms with van der Waals surface area (Å²) in [5.41, 5.74) is 0.784. The second kappa shape index (κ2) is 4.93. The fourth-order valence-electron chi connectivity index (χ4n) is 2.02. The summed E-state index contributed by atoms with van der Waals surface area (Å²) in [6, 6.07) is 6.20. The van der Waals surface area contributed by atoms with Gasteiger partial charge in [0.1, 0.15) is 17.5 Å². The molecular weight excluding hydrogens is 280 g/mol. The van der Waals surface area contributed by atoms with Gasteiger partial charge in [-0.05, 0) is 23.8 Å². The van der Waals surface area contributed by atoms with Crippen LogP contribution in [0.3, 0.4) is 0 Å². The summed E-state index contributed by atoms with van der Waals surface area (Å²) in [5.74, 6) is -2.04. The van der Waals surface area contributed by atoms with E-state index in [0.717, 1.165) is 12.1 Å². The minimum atomic E-state index is -1.08. The average Bonchev–Trinajstić information content (AvgIpc) is 2.84. The molecule has 3 aromatic rings. The molecule has 0 bridgehead atoms. The maximum Gasteiger partial charge on any atom is 0.337 e. The number of rotatable bonds is 3. The molecule has 0 aliphatic rings. The summed E-state index contributed by atoms with van der Waals surface area (Å²) in [6.07, 6.45) is 1.45. The van der Waals surface area contributed by atoms with Crippen molar-refractivity contribution in [3.63, 3.8) is 0 Å². The number of aromatic carboxylic acids is 1. The van der Waals surface area contributed by atoms with Crippen LogP contribution < -0.4 is 0 Å². The first-order valence-electron chi connectivity index (χ1n) is 6.05. The third-order valence-corrected chi connectivity index (χ3v) is 3.08. The van der Waals surface area contributed by atoms with Gasteiger partial charge >= 0.3 is 5.97 Å². The molecule has 106 valence electrons. The van der Waals surface area contributed by atoms with Crippen LogP contribution in [0.1, 0.15) is 21.7 Å². The Balaban J connectivity index is 2.04. The lowest BCUT2D eigenvalue weighted by Crippen LogP contribution is -2.02. The van der Waals surface area contributed by atoms with Gasteiger partial charge in [-0.15, -0.1) is 10.2 Å². The first-order chi connectivity index (χ1) is 10.0. The number of pyridine rings is 1. The first kappa shape index (κ1) is 13.2. The van der Waals surface area contributed by atoms with E-state index in [1.807, 2.05) is 0 Å². The van der Waals surface area contributed by atoms with Crippen LogP contribution in [0.15, 0.2) is 36.5 Å². The first-order valence-corrected chi connectivity index (χ1v) is 6.05. The van der Waals surface area contributed by atoms with Crippen molar-refractivity contribution in [2.24, 2.45) is 0 Å². The highest BCUT2D eigenvalue weighted by molar-refractivity contribution is 5.87. The zero-order valence-electron chi connectivity index (χ0n) is 10.6. The standard InChI is InChI=1S/C14H9F2N3O2/c15-10-3-1-8(11(16)6-10)5-13-18-17-12-4-2-9(14(20)21)7-19(12)13/h1-4,6-7H,5H2,(H,20,21). The van der Waals surface area contributed by atoms with Gasteiger partial charge in [0, 0.05) is 18.7 Å². The number of benzene rings is 1. The monoisotopic (exact) mass is 289 g/mol. The van der Waals surface area contributed by atoms with Crippen LogP contribution in [-0.4, -0.2) is 25.7 Å². The maximum absolute atomic E-state index is 13.7. The van der Waals surface area contributed by atoms with E-state index in [1.165, 1.54) is 28.8 Å². The van der Waals surface area contributed by atoms with Crippen LogP contribution >= 0.6 is 0 Å². The van der Waals surface area contributed by atoms with E-state index in [-0.39, 0.29) is 17.5 Å². The van der Waals surface area contributed by atoms with Crippen molar-refractivity contribution in [2.75, 3.05) is 0 Å². The molecule has 0 aliphatic carbocycles. The van der Waals surface area contributed by atoms with E-state index in [2.05, 4.69) is 10.2 Å². The van der Waals surface area contributed by atoms with Crippen LogP contribution in [-0.2, 0) is 6.42 Å². The molecule has 5 nitrogen and oxygen atoms in total. The Bertz CT molecular complexity index is 845. The third-order valence-electron chi connectivity index (χ3n) is 3.08. The van der Waals surface area contributed by atoms with Gasteiger partial charge in [-0.25, -0.2) is 13.6 Å². The van der Waals surface area contributed by atoms with Gasteiger partial charge < -0.3 is 5.11 Å². The molecule has 2 aromatic heterocycles. The normalized spacial score (nSPS) is 11.0. The van der Waals surface area contributed by atoms with Gasteiger partial charge in [-0.2, -0.15) is 0 Å². The number of aromatic nitrogens is 3. The van der Waals surface area contributed by atoms with Crippen molar-refractivity contribution < 1.29 is 18.7 Å². The molecule has 0 saturated carbocycles. The predicted octanol–water partition coefficient (Wildman–Crippen LogP) is 2.30. The SMILES string of the molecule is O=C(O)c1ccc2nnc(Cc3ccc(F)cc3F)n2c1. The lowest BCUT2D eigenvalue weighted by molar-refractivity contribution is 0.0696. The highest BCUT2D eigenvalue weighted by Crippen LogP contribution is 2.15. The molecule has 0 atom stereocenters. The lowest BCUT2D eigenvalue weighted by Gasteiger charge is -2.03. The summed E-state index contributed by atoms with van der Waals surface area (Å²) in [7, 11) is 0. The van der Waals surface area contributed by atoms with Crippen LogP contribution in [0.5, 0.6) is 0 Å². The van der Waals surface area contributed by atoms with E-state index in [0.29, 0.717) is 11.5 Å². The molecule has 0 radical (unpaired) electrons. The number of carboxylic acid groups (broad SMARTS) is 1. The van der Waals surface area contributed by atoms with Crippen molar-refractivity contribution in [1.82, 2.24) is 14.6 Å². The summed E-state index contributed by atoms with van der Waals surface area (Å²) in [6.45, 7) is 0. The summed E-state index contributed by atoms with van der Waals surface area (Å²) < 4.78 is 28.0. The fourth-order valence-corrected chi connectivity index (χ4v) is 2.02. The largest absolute Gasteiger partial charge is 0.478 e. The molecule has 1 N–H and O–H groups in total.